The van der Waals surface area contributed by atoms with E-state index in [4.69, 9.17) is 18.8 Å². The first-order valence-electron chi connectivity index (χ1n) is 17.5. The number of rotatable bonds is 12. The molecule has 12 nitrogen and oxygen atoms in total. The number of amides is 2. The lowest BCUT2D eigenvalue weighted by Gasteiger charge is -2.22. The molecule has 0 aromatic heterocycles. The fraction of sp³-hybridized carbons (Fsp3) is 0.475. The molecule has 294 valence electrons. The van der Waals surface area contributed by atoms with Crippen molar-refractivity contribution in [1.29, 1.82) is 0 Å². The van der Waals surface area contributed by atoms with E-state index in [9.17, 15) is 22.8 Å². The highest BCUT2D eigenvalue weighted by Gasteiger charge is 2.22. The summed E-state index contributed by atoms with van der Waals surface area (Å²) in [4.78, 5) is 36.5. The molecule has 1 rings (SSSR count). The second-order valence-corrected chi connectivity index (χ2v) is 14.0. The Hall–Kier alpha value is -4.14. The Morgan fingerprint density at radius 3 is 2.34 bits per heavy atom. The highest BCUT2D eigenvalue weighted by molar-refractivity contribution is 7.80. The van der Waals surface area contributed by atoms with Gasteiger partial charge in [-0.05, 0) is 58.4 Å². The normalized spacial score (nSPS) is 29.0. The third-order valence-corrected chi connectivity index (χ3v) is 8.52. The van der Waals surface area contributed by atoms with Gasteiger partial charge in [0.1, 0.15) is 12.1 Å². The van der Waals surface area contributed by atoms with Crippen molar-refractivity contribution in [3.8, 4) is 0 Å². The highest BCUT2D eigenvalue weighted by atomic mass is 32.3. The summed E-state index contributed by atoms with van der Waals surface area (Å²) < 4.78 is 52.1. The Labute approximate surface area is 316 Å². The van der Waals surface area contributed by atoms with Gasteiger partial charge in [0, 0.05) is 32.8 Å². The van der Waals surface area contributed by atoms with Crippen LogP contribution in [0.15, 0.2) is 107 Å². The average Bonchev–Trinajstić information content (AvgIpc) is 3.11. The molecule has 0 aromatic carbocycles. The van der Waals surface area contributed by atoms with Crippen molar-refractivity contribution in [3.63, 3.8) is 0 Å². The number of ether oxygens (including phenoxy) is 3. The Balaban J connectivity index is 3.30. The first kappa shape index (κ1) is 46.9. The number of carbonyl (C=O) groups is 3. The van der Waals surface area contributed by atoms with Crippen LogP contribution in [0, 0.1) is 11.8 Å². The standard InChI is InChI=1S/C40H58N2O10S/c1-29-13-11-17-35(49-7)16-10-9-15-33(5)39(52-38(44)24-22-30(2)19-20-31(3)25-36(50-8)18-12-14-29)34(6)23-21-32(4)26-41-40(45)37(42-28-43)27-51-53(46,47)48/h9-10,12-16,19-25,28,30,33,35-37,39H,11,17-18,26-27H2,1-8H3,(H,41,45)(H,42,43)(H,46,47,48)/b14-12+,15-9+,16-10+,20-19+,24-22+,29-13-,31-25+,32-21+,34-23+/t30-,33+,35-,36+,37+,39+/m1/s1. The molecule has 6 atom stereocenters. The summed E-state index contributed by atoms with van der Waals surface area (Å²) in [5.41, 5.74) is 3.66. The van der Waals surface area contributed by atoms with Gasteiger partial charge in [-0.25, -0.2) is 8.98 Å². The molecular weight excluding hydrogens is 701 g/mol. The number of nitrogens with one attached hydrogen (secondary N) is 2. The van der Waals surface area contributed by atoms with E-state index in [0.717, 1.165) is 30.4 Å². The predicted molar refractivity (Wildman–Crippen MR) is 208 cm³/mol. The molecule has 53 heavy (non-hydrogen) atoms. The van der Waals surface area contributed by atoms with E-state index >= 15 is 0 Å². The molecule has 0 unspecified atom stereocenters. The molecule has 1 aliphatic heterocycles. The molecule has 13 heteroatoms. The van der Waals surface area contributed by atoms with Gasteiger partial charge in [0.05, 0.1) is 18.8 Å². The predicted octanol–water partition coefficient (Wildman–Crippen LogP) is 6.00. The third-order valence-electron chi connectivity index (χ3n) is 8.08. The summed E-state index contributed by atoms with van der Waals surface area (Å²) in [6, 6.07) is -1.35. The summed E-state index contributed by atoms with van der Waals surface area (Å²) in [6.45, 7) is 10.9. The zero-order valence-electron chi connectivity index (χ0n) is 32.2. The van der Waals surface area contributed by atoms with Gasteiger partial charge in [-0.2, -0.15) is 8.42 Å². The van der Waals surface area contributed by atoms with E-state index in [-0.39, 0.29) is 37.0 Å². The quantitative estimate of drug-likeness (QED) is 0.0930. The SMILES string of the molecule is CO[C@@H]1/C=C(C)/C=C/[C@@H](C)/C=C/C(=O)O[C@H](/C(C)=C/C=C(\C)CNC(=O)[C@H](COS(=O)(=O)O)NC=O)[C@@H](C)/C=C/C=C/[C@@H](OC)CC/C=C(C)\C=C\C1. The van der Waals surface area contributed by atoms with E-state index in [1.54, 1.807) is 39.4 Å². The lowest BCUT2D eigenvalue weighted by atomic mass is 9.96. The Bertz CT molecular complexity index is 1570. The van der Waals surface area contributed by atoms with Gasteiger partial charge in [0.25, 0.3) is 0 Å². The topological polar surface area (TPSA) is 167 Å². The molecule has 0 spiro atoms. The lowest BCUT2D eigenvalue weighted by molar-refractivity contribution is -0.142. The Morgan fingerprint density at radius 1 is 1.00 bits per heavy atom. The van der Waals surface area contributed by atoms with Gasteiger partial charge < -0.3 is 24.8 Å². The summed E-state index contributed by atoms with van der Waals surface area (Å²) >= 11 is 0. The van der Waals surface area contributed by atoms with Crippen molar-refractivity contribution in [2.75, 3.05) is 27.4 Å². The second kappa shape index (κ2) is 25.8. The minimum atomic E-state index is -4.80. The Kier molecular flexibility index (Phi) is 22.8. The van der Waals surface area contributed by atoms with Crippen LogP contribution in [0.3, 0.4) is 0 Å². The van der Waals surface area contributed by atoms with Gasteiger partial charge in [-0.15, -0.1) is 0 Å². The molecule has 0 saturated carbocycles. The zero-order chi connectivity index (χ0) is 39.8. The lowest BCUT2D eigenvalue weighted by Crippen LogP contribution is -2.47. The number of hydrogen-bond acceptors (Lipinski definition) is 9. The number of carbonyl (C=O) groups excluding carboxylic acids is 3. The number of hydrogen-bond donors (Lipinski definition) is 3. The van der Waals surface area contributed by atoms with Crippen LogP contribution < -0.4 is 10.6 Å². The van der Waals surface area contributed by atoms with E-state index in [0.29, 0.717) is 5.57 Å². The van der Waals surface area contributed by atoms with Crippen molar-refractivity contribution >= 4 is 28.7 Å². The van der Waals surface area contributed by atoms with Crippen LogP contribution in [-0.2, 0) is 43.2 Å². The van der Waals surface area contributed by atoms with Crippen LogP contribution in [0.1, 0.15) is 60.8 Å². The largest absolute Gasteiger partial charge is 0.454 e. The fourth-order valence-corrected chi connectivity index (χ4v) is 5.23. The maximum absolute atomic E-state index is 13.1. The van der Waals surface area contributed by atoms with Gasteiger partial charge in [0.15, 0.2) is 0 Å². The molecule has 2 amide bonds. The third kappa shape index (κ3) is 21.9. The number of allylic oxidation sites excluding steroid dienone is 11. The van der Waals surface area contributed by atoms with Crippen molar-refractivity contribution in [3.05, 3.63) is 107 Å². The minimum Gasteiger partial charge on any atom is -0.454 e. The monoisotopic (exact) mass is 758 g/mol. The first-order valence-corrected chi connectivity index (χ1v) is 18.9. The molecule has 1 aliphatic rings. The van der Waals surface area contributed by atoms with Crippen molar-refractivity contribution in [1.82, 2.24) is 10.6 Å². The molecule has 0 aromatic rings. The van der Waals surface area contributed by atoms with Gasteiger partial charge in [-0.3, -0.25) is 14.1 Å². The van der Waals surface area contributed by atoms with E-state index in [2.05, 4.69) is 46.0 Å². The van der Waals surface area contributed by atoms with Crippen molar-refractivity contribution in [2.24, 2.45) is 11.8 Å². The van der Waals surface area contributed by atoms with Gasteiger partial charge in [-0.1, -0.05) is 110 Å². The van der Waals surface area contributed by atoms with Gasteiger partial charge >= 0.3 is 16.4 Å². The van der Waals surface area contributed by atoms with E-state index < -0.39 is 41.0 Å². The fourth-order valence-electron chi connectivity index (χ4n) is 4.92. The average molecular weight is 759 g/mol. The first-order chi connectivity index (χ1) is 25.1. The van der Waals surface area contributed by atoms with Crippen LogP contribution in [0.25, 0.3) is 0 Å². The minimum absolute atomic E-state index is 0.0434. The van der Waals surface area contributed by atoms with E-state index in [1.165, 1.54) is 11.6 Å². The molecule has 0 aliphatic carbocycles. The Morgan fingerprint density at radius 2 is 1.68 bits per heavy atom. The molecule has 0 fully saturated rings. The number of cyclic esters (lactones) is 1. The van der Waals surface area contributed by atoms with Crippen molar-refractivity contribution < 1.29 is 45.7 Å². The number of methoxy groups -OCH3 is 2. The highest BCUT2D eigenvalue weighted by Crippen LogP contribution is 2.20. The smallest absolute Gasteiger partial charge is 0.397 e. The molecule has 0 radical (unpaired) electrons. The zero-order valence-corrected chi connectivity index (χ0v) is 33.0. The van der Waals surface area contributed by atoms with Crippen molar-refractivity contribution in [2.45, 2.75) is 85.2 Å². The maximum Gasteiger partial charge on any atom is 0.397 e. The molecule has 1 heterocycles. The molecule has 0 bridgehead atoms. The number of esters is 1. The van der Waals surface area contributed by atoms with Gasteiger partial charge in [0.2, 0.25) is 12.3 Å². The second-order valence-electron chi connectivity index (χ2n) is 12.9. The van der Waals surface area contributed by atoms with Crippen LogP contribution in [-0.4, -0.2) is 83.0 Å². The summed E-state index contributed by atoms with van der Waals surface area (Å²) in [6.07, 6.45) is 28.9. The molecule has 3 N–H and O–H groups in total. The molecule has 0 saturated heterocycles. The maximum atomic E-state index is 13.1. The van der Waals surface area contributed by atoms with Crippen LogP contribution in [0.4, 0.5) is 0 Å². The summed E-state index contributed by atoms with van der Waals surface area (Å²) in [5, 5.41) is 4.73. The van der Waals surface area contributed by atoms with E-state index in [1.807, 2.05) is 64.2 Å². The summed E-state index contributed by atoms with van der Waals surface area (Å²) in [5.74, 6) is -1.48. The van der Waals surface area contributed by atoms with Crippen LogP contribution in [0.5, 0.6) is 0 Å². The molecular formula is C40H58N2O10S. The van der Waals surface area contributed by atoms with Crippen LogP contribution >= 0.6 is 0 Å². The van der Waals surface area contributed by atoms with Crippen LogP contribution in [0.2, 0.25) is 0 Å². The summed E-state index contributed by atoms with van der Waals surface area (Å²) in [7, 11) is -1.43.